The van der Waals surface area contributed by atoms with E-state index in [1.807, 2.05) is 0 Å². The minimum absolute atomic E-state index is 0.278. The van der Waals surface area contributed by atoms with Crippen LogP contribution in [0.25, 0.3) is 0 Å². The van der Waals surface area contributed by atoms with Gasteiger partial charge in [-0.15, -0.1) is 0 Å². The van der Waals surface area contributed by atoms with Crippen LogP contribution in [-0.4, -0.2) is 31.6 Å². The molecule has 0 aromatic carbocycles. The average molecular weight is 156 g/mol. The molecule has 1 unspecified atom stereocenters. The van der Waals surface area contributed by atoms with E-state index >= 15 is 0 Å². The maximum absolute atomic E-state index is 10.4. The first kappa shape index (κ1) is 8.49. The van der Waals surface area contributed by atoms with E-state index in [4.69, 9.17) is 5.73 Å². The first-order chi connectivity index (χ1) is 5.29. The number of hydrogen-bond donors (Lipinski definition) is 2. The van der Waals surface area contributed by atoms with Gasteiger partial charge in [-0.3, -0.25) is 4.79 Å². The SMILES string of the molecule is NC(=O)CNC1CCC[N]C1. The van der Waals surface area contributed by atoms with Gasteiger partial charge in [0.15, 0.2) is 0 Å². The highest BCUT2D eigenvalue weighted by molar-refractivity contribution is 5.75. The van der Waals surface area contributed by atoms with E-state index in [1.54, 1.807) is 0 Å². The molecule has 0 aliphatic carbocycles. The average Bonchev–Trinajstić information content (AvgIpc) is 2.03. The summed E-state index contributed by atoms with van der Waals surface area (Å²) in [4.78, 5) is 10.4. The molecule has 63 valence electrons. The van der Waals surface area contributed by atoms with Crippen LogP contribution < -0.4 is 16.4 Å². The van der Waals surface area contributed by atoms with Gasteiger partial charge < -0.3 is 11.1 Å². The molecule has 1 radical (unpaired) electrons. The normalized spacial score (nSPS) is 24.9. The van der Waals surface area contributed by atoms with Gasteiger partial charge in [0.2, 0.25) is 5.91 Å². The van der Waals surface area contributed by atoms with Crippen LogP contribution in [0.15, 0.2) is 0 Å². The zero-order valence-electron chi connectivity index (χ0n) is 6.55. The van der Waals surface area contributed by atoms with Crippen LogP contribution in [0.1, 0.15) is 12.8 Å². The minimum Gasteiger partial charge on any atom is -0.369 e. The van der Waals surface area contributed by atoms with Crippen molar-refractivity contribution >= 4 is 5.91 Å². The lowest BCUT2D eigenvalue weighted by Gasteiger charge is -2.21. The summed E-state index contributed by atoms with van der Waals surface area (Å²) >= 11 is 0. The fourth-order valence-corrected chi connectivity index (χ4v) is 1.20. The Morgan fingerprint density at radius 2 is 2.55 bits per heavy atom. The number of amides is 1. The van der Waals surface area contributed by atoms with E-state index in [-0.39, 0.29) is 12.5 Å². The van der Waals surface area contributed by atoms with Crippen molar-refractivity contribution in [2.24, 2.45) is 5.73 Å². The van der Waals surface area contributed by atoms with Crippen LogP contribution >= 0.6 is 0 Å². The number of carbonyl (C=O) groups is 1. The second kappa shape index (κ2) is 4.31. The summed E-state index contributed by atoms with van der Waals surface area (Å²) in [5.41, 5.74) is 4.98. The summed E-state index contributed by atoms with van der Waals surface area (Å²) in [5, 5.41) is 7.27. The summed E-state index contributed by atoms with van der Waals surface area (Å²) in [6.07, 6.45) is 2.23. The molecule has 1 fully saturated rings. The number of piperidine rings is 1. The molecule has 1 aliphatic heterocycles. The van der Waals surface area contributed by atoms with Gasteiger partial charge in [-0.2, -0.15) is 0 Å². The molecule has 1 amide bonds. The lowest BCUT2D eigenvalue weighted by molar-refractivity contribution is -0.117. The third-order valence-corrected chi connectivity index (χ3v) is 1.78. The zero-order valence-corrected chi connectivity index (χ0v) is 6.55. The molecule has 1 atom stereocenters. The number of hydrogen-bond acceptors (Lipinski definition) is 2. The lowest BCUT2D eigenvalue weighted by atomic mass is 10.1. The smallest absolute Gasteiger partial charge is 0.231 e. The second-order valence-electron chi connectivity index (χ2n) is 2.82. The summed E-state index contributed by atoms with van der Waals surface area (Å²) in [7, 11) is 0. The molecular formula is C7H14N3O. The number of rotatable bonds is 3. The van der Waals surface area contributed by atoms with E-state index in [9.17, 15) is 4.79 Å². The molecule has 1 aliphatic rings. The van der Waals surface area contributed by atoms with Crippen molar-refractivity contribution in [3.8, 4) is 0 Å². The first-order valence-corrected chi connectivity index (χ1v) is 3.94. The van der Waals surface area contributed by atoms with Gasteiger partial charge in [0.1, 0.15) is 0 Å². The van der Waals surface area contributed by atoms with Crippen molar-refractivity contribution in [2.75, 3.05) is 19.6 Å². The summed E-state index contributed by atoms with van der Waals surface area (Å²) in [5.74, 6) is -0.296. The van der Waals surface area contributed by atoms with Gasteiger partial charge in [0.25, 0.3) is 0 Å². The van der Waals surface area contributed by atoms with Crippen LogP contribution in [0, 0.1) is 0 Å². The highest BCUT2D eigenvalue weighted by Crippen LogP contribution is 2.01. The molecule has 1 heterocycles. The molecule has 0 aromatic heterocycles. The van der Waals surface area contributed by atoms with Gasteiger partial charge >= 0.3 is 0 Å². The quantitative estimate of drug-likeness (QED) is 0.540. The molecule has 11 heavy (non-hydrogen) atoms. The Kier molecular flexibility index (Phi) is 3.32. The fourth-order valence-electron chi connectivity index (χ4n) is 1.20. The topological polar surface area (TPSA) is 69.2 Å². The predicted octanol–water partition coefficient (Wildman–Crippen LogP) is -1.17. The Morgan fingerprint density at radius 3 is 3.09 bits per heavy atom. The Bertz CT molecular complexity index is 132. The first-order valence-electron chi connectivity index (χ1n) is 3.94. The largest absolute Gasteiger partial charge is 0.369 e. The maximum atomic E-state index is 10.4. The zero-order chi connectivity index (χ0) is 8.10. The molecule has 4 nitrogen and oxygen atoms in total. The summed E-state index contributed by atoms with van der Waals surface area (Å²) in [6.45, 7) is 2.07. The molecule has 1 rings (SSSR count). The lowest BCUT2D eigenvalue weighted by Crippen LogP contribution is -2.43. The van der Waals surface area contributed by atoms with E-state index in [0.717, 1.165) is 25.9 Å². The maximum Gasteiger partial charge on any atom is 0.231 e. The number of primary amides is 1. The van der Waals surface area contributed by atoms with E-state index in [0.29, 0.717) is 6.04 Å². The van der Waals surface area contributed by atoms with Crippen LogP contribution in [0.3, 0.4) is 0 Å². The minimum atomic E-state index is -0.296. The Hall–Kier alpha value is -0.610. The Balaban J connectivity index is 2.09. The van der Waals surface area contributed by atoms with Crippen molar-refractivity contribution in [3.05, 3.63) is 0 Å². The van der Waals surface area contributed by atoms with Gasteiger partial charge in [0.05, 0.1) is 6.54 Å². The highest BCUT2D eigenvalue weighted by atomic mass is 16.1. The van der Waals surface area contributed by atoms with Gasteiger partial charge in [-0.25, -0.2) is 5.32 Å². The Labute approximate surface area is 66.5 Å². The number of nitrogens with two attached hydrogens (primary N) is 1. The van der Waals surface area contributed by atoms with Crippen LogP contribution in [0.5, 0.6) is 0 Å². The monoisotopic (exact) mass is 156 g/mol. The Morgan fingerprint density at radius 1 is 1.73 bits per heavy atom. The van der Waals surface area contributed by atoms with Crippen molar-refractivity contribution in [1.82, 2.24) is 10.6 Å². The summed E-state index contributed by atoms with van der Waals surface area (Å²) in [6, 6.07) is 0.372. The van der Waals surface area contributed by atoms with Crippen LogP contribution in [0.4, 0.5) is 0 Å². The van der Waals surface area contributed by atoms with Gasteiger partial charge in [-0.1, -0.05) is 0 Å². The molecule has 0 bridgehead atoms. The second-order valence-corrected chi connectivity index (χ2v) is 2.82. The molecule has 0 spiro atoms. The highest BCUT2D eigenvalue weighted by Gasteiger charge is 2.12. The molecule has 1 saturated heterocycles. The third kappa shape index (κ3) is 3.34. The third-order valence-electron chi connectivity index (χ3n) is 1.78. The van der Waals surface area contributed by atoms with Crippen LogP contribution in [0.2, 0.25) is 0 Å². The number of nitrogens with zero attached hydrogens (tertiary/aromatic N) is 1. The van der Waals surface area contributed by atoms with Crippen molar-refractivity contribution in [2.45, 2.75) is 18.9 Å². The van der Waals surface area contributed by atoms with E-state index in [1.165, 1.54) is 0 Å². The van der Waals surface area contributed by atoms with E-state index < -0.39 is 0 Å². The van der Waals surface area contributed by atoms with Crippen LogP contribution in [-0.2, 0) is 4.79 Å². The number of nitrogens with one attached hydrogen (secondary N) is 1. The van der Waals surface area contributed by atoms with Crippen molar-refractivity contribution in [3.63, 3.8) is 0 Å². The predicted molar refractivity (Wildman–Crippen MR) is 42.1 cm³/mol. The van der Waals surface area contributed by atoms with Gasteiger partial charge in [-0.05, 0) is 12.8 Å². The van der Waals surface area contributed by atoms with Gasteiger partial charge in [0, 0.05) is 19.1 Å². The van der Waals surface area contributed by atoms with Crippen molar-refractivity contribution in [1.29, 1.82) is 0 Å². The molecule has 3 N–H and O–H groups in total. The standard InChI is InChI=1S/C7H14N3O/c8-7(11)5-10-6-2-1-3-9-4-6/h6,10H,1-5H2,(H2,8,11). The molecular weight excluding hydrogens is 142 g/mol. The number of carbonyl (C=O) groups excluding carboxylic acids is 1. The molecule has 4 heteroatoms. The fraction of sp³-hybridized carbons (Fsp3) is 0.857. The molecule has 0 aromatic rings. The van der Waals surface area contributed by atoms with E-state index in [2.05, 4.69) is 10.6 Å². The van der Waals surface area contributed by atoms with Crippen molar-refractivity contribution < 1.29 is 4.79 Å². The summed E-state index contributed by atoms with van der Waals surface area (Å²) < 4.78 is 0. The molecule has 0 saturated carbocycles.